The highest BCUT2D eigenvalue weighted by Gasteiger charge is 2.11. The van der Waals surface area contributed by atoms with E-state index in [1.165, 1.54) is 6.07 Å². The molecule has 1 rings (SSSR count). The van der Waals surface area contributed by atoms with Crippen molar-refractivity contribution in [3.05, 3.63) is 42.0 Å². The number of hydrogen-bond donors (Lipinski definition) is 3. The van der Waals surface area contributed by atoms with Gasteiger partial charge in [0.1, 0.15) is 0 Å². The molecule has 0 atom stereocenters. The highest BCUT2D eigenvalue weighted by Crippen LogP contribution is 2.18. The zero-order valence-electron chi connectivity index (χ0n) is 12.0. The molecule has 2 amide bonds. The van der Waals surface area contributed by atoms with Crippen molar-refractivity contribution in [3.8, 4) is 0 Å². The van der Waals surface area contributed by atoms with Gasteiger partial charge in [0.2, 0.25) is 0 Å². The number of benzene rings is 1. The van der Waals surface area contributed by atoms with E-state index in [0.717, 1.165) is 6.42 Å². The number of carboxylic acid groups (broad SMARTS) is 1. The van der Waals surface area contributed by atoms with Gasteiger partial charge >= 0.3 is 12.0 Å². The average molecular weight is 292 g/mol. The van der Waals surface area contributed by atoms with Crippen LogP contribution in [0.5, 0.6) is 0 Å². The number of amides is 2. The summed E-state index contributed by atoms with van der Waals surface area (Å²) in [5.41, 5.74) is 1.16. The van der Waals surface area contributed by atoms with Crippen molar-refractivity contribution in [2.75, 3.05) is 25.1 Å². The quantitative estimate of drug-likeness (QED) is 0.507. The number of nitrogens with one attached hydrogen (secondary N) is 2. The Kier molecular flexibility index (Phi) is 6.97. The van der Waals surface area contributed by atoms with Crippen molar-refractivity contribution in [1.29, 1.82) is 0 Å². The summed E-state index contributed by atoms with van der Waals surface area (Å²) in [6.45, 7) is 6.59. The summed E-state index contributed by atoms with van der Waals surface area (Å²) in [5.74, 6) is -1.02. The largest absolute Gasteiger partial charge is 0.478 e. The molecule has 0 saturated heterocycles. The molecule has 0 heterocycles. The molecular formula is C15H20N2O4. The lowest BCUT2D eigenvalue weighted by atomic mass is 10.1. The molecule has 21 heavy (non-hydrogen) atoms. The Morgan fingerprint density at radius 1 is 1.38 bits per heavy atom. The van der Waals surface area contributed by atoms with E-state index in [1.54, 1.807) is 25.1 Å². The zero-order valence-corrected chi connectivity index (χ0v) is 12.0. The number of aromatic carboxylic acids is 1. The standard InChI is InChI=1S/C15H20N2O4/c1-3-4-9-21-10-8-16-15(20)17-13-7-5-6-12(11(13)2)14(18)19/h3,5-7H,1,4,8-10H2,2H3,(H,18,19)(H2,16,17,20). The lowest BCUT2D eigenvalue weighted by Gasteiger charge is -2.11. The van der Waals surface area contributed by atoms with Gasteiger partial charge in [-0.15, -0.1) is 6.58 Å². The third kappa shape index (κ3) is 5.66. The number of carbonyl (C=O) groups excluding carboxylic acids is 1. The molecule has 0 aromatic heterocycles. The summed E-state index contributed by atoms with van der Waals surface area (Å²) in [5, 5.41) is 14.3. The molecule has 0 saturated carbocycles. The number of urea groups is 1. The van der Waals surface area contributed by atoms with Gasteiger partial charge < -0.3 is 20.5 Å². The molecule has 0 aliphatic heterocycles. The first-order chi connectivity index (χ1) is 10.1. The van der Waals surface area contributed by atoms with E-state index in [2.05, 4.69) is 17.2 Å². The van der Waals surface area contributed by atoms with E-state index >= 15 is 0 Å². The molecule has 0 unspecified atom stereocenters. The molecule has 0 aliphatic rings. The second-order valence-corrected chi connectivity index (χ2v) is 4.35. The van der Waals surface area contributed by atoms with Crippen molar-refractivity contribution >= 4 is 17.7 Å². The Morgan fingerprint density at radius 3 is 2.81 bits per heavy atom. The SMILES string of the molecule is C=CCCOCCNC(=O)Nc1cccc(C(=O)O)c1C. The van der Waals surface area contributed by atoms with E-state index in [1.807, 2.05) is 0 Å². The molecule has 0 fully saturated rings. The maximum absolute atomic E-state index is 11.7. The van der Waals surface area contributed by atoms with Crippen LogP contribution >= 0.6 is 0 Å². The summed E-state index contributed by atoms with van der Waals surface area (Å²) in [6, 6.07) is 4.34. The lowest BCUT2D eigenvalue weighted by Crippen LogP contribution is -2.32. The topological polar surface area (TPSA) is 87.7 Å². The van der Waals surface area contributed by atoms with E-state index in [9.17, 15) is 9.59 Å². The van der Waals surface area contributed by atoms with Crippen LogP contribution in [0, 0.1) is 6.92 Å². The predicted octanol–water partition coefficient (Wildman–Crippen LogP) is 2.41. The molecule has 114 valence electrons. The average Bonchev–Trinajstić information content (AvgIpc) is 2.44. The van der Waals surface area contributed by atoms with E-state index in [4.69, 9.17) is 9.84 Å². The van der Waals surface area contributed by atoms with Crippen LogP contribution in [0.1, 0.15) is 22.3 Å². The maximum atomic E-state index is 11.7. The van der Waals surface area contributed by atoms with Crippen LogP contribution in [0.2, 0.25) is 0 Å². The Morgan fingerprint density at radius 2 is 2.14 bits per heavy atom. The van der Waals surface area contributed by atoms with Crippen LogP contribution in [-0.4, -0.2) is 36.9 Å². The second kappa shape index (κ2) is 8.76. The summed E-state index contributed by atoms with van der Waals surface area (Å²) in [6.07, 6.45) is 2.53. The van der Waals surface area contributed by atoms with Gasteiger partial charge in [-0.25, -0.2) is 9.59 Å². The number of rotatable bonds is 8. The van der Waals surface area contributed by atoms with Gasteiger partial charge in [0.25, 0.3) is 0 Å². The Bertz CT molecular complexity index is 514. The third-order valence-corrected chi connectivity index (χ3v) is 2.81. The number of carboxylic acids is 1. The molecule has 6 nitrogen and oxygen atoms in total. The highest BCUT2D eigenvalue weighted by atomic mass is 16.5. The summed E-state index contributed by atoms with van der Waals surface area (Å²) >= 11 is 0. The summed E-state index contributed by atoms with van der Waals surface area (Å²) in [7, 11) is 0. The van der Waals surface area contributed by atoms with Crippen LogP contribution in [0.4, 0.5) is 10.5 Å². The molecule has 0 spiro atoms. The third-order valence-electron chi connectivity index (χ3n) is 2.81. The molecule has 0 radical (unpaired) electrons. The van der Waals surface area contributed by atoms with Crippen LogP contribution in [0.15, 0.2) is 30.9 Å². The Labute approximate surface area is 123 Å². The van der Waals surface area contributed by atoms with Gasteiger partial charge in [-0.1, -0.05) is 12.1 Å². The maximum Gasteiger partial charge on any atom is 0.336 e. The van der Waals surface area contributed by atoms with Crippen molar-refractivity contribution in [2.45, 2.75) is 13.3 Å². The number of hydrogen-bond acceptors (Lipinski definition) is 3. The molecule has 1 aromatic carbocycles. The first-order valence-corrected chi connectivity index (χ1v) is 6.62. The highest BCUT2D eigenvalue weighted by molar-refractivity contribution is 5.95. The van der Waals surface area contributed by atoms with Gasteiger partial charge in [0, 0.05) is 12.2 Å². The van der Waals surface area contributed by atoms with Crippen molar-refractivity contribution in [1.82, 2.24) is 5.32 Å². The fraction of sp³-hybridized carbons (Fsp3) is 0.333. The number of carbonyl (C=O) groups is 2. The molecule has 0 bridgehead atoms. The van der Waals surface area contributed by atoms with Gasteiger partial charge in [-0.05, 0) is 31.0 Å². The van der Waals surface area contributed by atoms with E-state index in [-0.39, 0.29) is 5.56 Å². The smallest absolute Gasteiger partial charge is 0.336 e. The van der Waals surface area contributed by atoms with Crippen LogP contribution < -0.4 is 10.6 Å². The van der Waals surface area contributed by atoms with Crippen LogP contribution in [0.3, 0.4) is 0 Å². The first-order valence-electron chi connectivity index (χ1n) is 6.62. The summed E-state index contributed by atoms with van der Waals surface area (Å²) < 4.78 is 5.26. The minimum absolute atomic E-state index is 0.167. The minimum atomic E-state index is -1.02. The van der Waals surface area contributed by atoms with Crippen molar-refractivity contribution in [3.63, 3.8) is 0 Å². The zero-order chi connectivity index (χ0) is 15.7. The predicted molar refractivity (Wildman–Crippen MR) is 80.8 cm³/mol. The number of ether oxygens (including phenoxy) is 1. The minimum Gasteiger partial charge on any atom is -0.478 e. The van der Waals surface area contributed by atoms with Gasteiger partial charge in [0.15, 0.2) is 0 Å². The number of anilines is 1. The van der Waals surface area contributed by atoms with Crippen molar-refractivity contribution < 1.29 is 19.4 Å². The first kappa shape index (κ1) is 16.7. The van der Waals surface area contributed by atoms with Gasteiger partial charge in [-0.2, -0.15) is 0 Å². The fourth-order valence-electron chi connectivity index (χ4n) is 1.67. The van der Waals surface area contributed by atoms with Gasteiger partial charge in [0.05, 0.1) is 18.8 Å². The van der Waals surface area contributed by atoms with E-state index < -0.39 is 12.0 Å². The van der Waals surface area contributed by atoms with E-state index in [0.29, 0.717) is 31.0 Å². The monoisotopic (exact) mass is 292 g/mol. The molecular weight excluding hydrogens is 272 g/mol. The Balaban J connectivity index is 2.43. The Hall–Kier alpha value is -2.34. The molecule has 1 aromatic rings. The molecule has 0 aliphatic carbocycles. The van der Waals surface area contributed by atoms with Crippen molar-refractivity contribution in [2.24, 2.45) is 0 Å². The molecule has 6 heteroatoms. The fourth-order valence-corrected chi connectivity index (χ4v) is 1.67. The van der Waals surface area contributed by atoms with Crippen LogP contribution in [0.25, 0.3) is 0 Å². The normalized spacial score (nSPS) is 9.95. The lowest BCUT2D eigenvalue weighted by molar-refractivity contribution is 0.0696. The summed E-state index contributed by atoms with van der Waals surface area (Å²) in [4.78, 5) is 22.7. The van der Waals surface area contributed by atoms with Crippen LogP contribution in [-0.2, 0) is 4.74 Å². The van der Waals surface area contributed by atoms with Gasteiger partial charge in [-0.3, -0.25) is 0 Å². The molecule has 3 N–H and O–H groups in total. The second-order valence-electron chi connectivity index (χ2n) is 4.35.